The summed E-state index contributed by atoms with van der Waals surface area (Å²) in [5.41, 5.74) is -0.0682. The number of hydrogen-bond acceptors (Lipinski definition) is 3. The van der Waals surface area contributed by atoms with E-state index in [0.29, 0.717) is 0 Å². The van der Waals surface area contributed by atoms with E-state index in [9.17, 15) is 87.8 Å². The average Bonchev–Trinajstić information content (AvgIpc) is 2.87. The van der Waals surface area contributed by atoms with E-state index in [2.05, 4.69) is 0 Å². The first-order chi connectivity index (χ1) is 18.5. The maximum Gasteiger partial charge on any atom is 0.460 e. The third-order valence-electron chi connectivity index (χ3n) is 5.90. The van der Waals surface area contributed by atoms with Gasteiger partial charge in [-0.3, -0.25) is 4.79 Å². The summed E-state index contributed by atoms with van der Waals surface area (Å²) < 4.78 is 252. The lowest BCUT2D eigenvalue weighted by atomic mass is 9.91. The van der Waals surface area contributed by atoms with Gasteiger partial charge in [-0.05, 0) is 12.1 Å². The molecule has 0 N–H and O–H groups in total. The van der Waals surface area contributed by atoms with E-state index in [1.54, 1.807) is 0 Å². The van der Waals surface area contributed by atoms with Crippen molar-refractivity contribution in [1.82, 2.24) is 9.21 Å². The van der Waals surface area contributed by atoms with Gasteiger partial charge in [-0.15, -0.1) is 0 Å². The Labute approximate surface area is 222 Å². The van der Waals surface area contributed by atoms with E-state index >= 15 is 0 Å². The summed E-state index contributed by atoms with van der Waals surface area (Å²) in [7, 11) is -7.37. The summed E-state index contributed by atoms with van der Waals surface area (Å²) >= 11 is 0. The average molecular weight is 672 g/mol. The van der Waals surface area contributed by atoms with Gasteiger partial charge in [0.2, 0.25) is 0 Å². The molecule has 0 spiro atoms. The second-order valence-electron chi connectivity index (χ2n) is 8.52. The molecule has 1 fully saturated rings. The Kier molecular flexibility index (Phi) is 8.69. The van der Waals surface area contributed by atoms with Gasteiger partial charge in [-0.2, -0.15) is 78.9 Å². The minimum absolute atomic E-state index is 0.0682. The van der Waals surface area contributed by atoms with E-state index in [-0.39, 0.29) is 5.56 Å². The number of rotatable bonds is 9. The largest absolute Gasteiger partial charge is 0.460 e. The van der Waals surface area contributed by atoms with E-state index in [4.69, 9.17) is 0 Å². The zero-order chi connectivity index (χ0) is 33.2. The number of nitrogens with zero attached hydrogens (tertiary/aromatic N) is 2. The highest BCUT2D eigenvalue weighted by atomic mass is 32.2. The van der Waals surface area contributed by atoms with Crippen molar-refractivity contribution in [3.63, 3.8) is 0 Å². The van der Waals surface area contributed by atoms with Crippen LogP contribution in [-0.2, 0) is 10.0 Å². The molecule has 42 heavy (non-hydrogen) atoms. The Morgan fingerprint density at radius 3 is 1.29 bits per heavy atom. The zero-order valence-electron chi connectivity index (χ0n) is 19.7. The minimum atomic E-state index is -8.89. The molecule has 0 aromatic heterocycles. The van der Waals surface area contributed by atoms with Crippen LogP contribution in [0.4, 0.5) is 74.6 Å². The van der Waals surface area contributed by atoms with Gasteiger partial charge < -0.3 is 4.90 Å². The van der Waals surface area contributed by atoms with E-state index in [0.717, 1.165) is 4.90 Å². The van der Waals surface area contributed by atoms with Crippen LogP contribution in [0.1, 0.15) is 10.4 Å². The number of amides is 1. The van der Waals surface area contributed by atoms with Crippen molar-refractivity contribution in [2.45, 2.75) is 47.0 Å². The summed E-state index contributed by atoms with van der Waals surface area (Å²) in [5, 5.41) is -7.61. The van der Waals surface area contributed by atoms with Crippen LogP contribution >= 0.6 is 0 Å². The molecule has 1 amide bonds. The number of piperazine rings is 1. The smallest absolute Gasteiger partial charge is 0.336 e. The van der Waals surface area contributed by atoms with Crippen LogP contribution in [0.25, 0.3) is 0 Å². The highest BCUT2D eigenvalue weighted by Gasteiger charge is 2.96. The molecule has 1 aliphatic rings. The Morgan fingerprint density at radius 2 is 0.905 bits per heavy atom. The highest BCUT2D eigenvalue weighted by Crippen LogP contribution is 2.64. The first-order valence-corrected chi connectivity index (χ1v) is 12.0. The van der Waals surface area contributed by atoms with E-state index < -0.39 is 93.4 Å². The zero-order valence-corrected chi connectivity index (χ0v) is 20.5. The highest BCUT2D eigenvalue weighted by molar-refractivity contribution is 7.90. The lowest BCUT2D eigenvalue weighted by Gasteiger charge is -2.43. The molecule has 1 heterocycles. The third-order valence-corrected chi connectivity index (χ3v) is 7.85. The number of carbonyl (C=O) groups is 1. The van der Waals surface area contributed by atoms with Crippen molar-refractivity contribution in [2.75, 3.05) is 26.2 Å². The molecule has 0 bridgehead atoms. The first-order valence-electron chi connectivity index (χ1n) is 10.5. The molecule has 1 aromatic carbocycles. The Balaban J connectivity index is 2.45. The van der Waals surface area contributed by atoms with Crippen LogP contribution in [0.2, 0.25) is 0 Å². The number of sulfonamides is 1. The quantitative estimate of drug-likeness (QED) is 0.315. The van der Waals surface area contributed by atoms with Gasteiger partial charge in [0.15, 0.2) is 0 Å². The molecule has 1 aromatic rings. The van der Waals surface area contributed by atoms with Crippen LogP contribution in [0.5, 0.6) is 0 Å². The molecule has 1 saturated heterocycles. The number of halogens is 17. The van der Waals surface area contributed by atoms with Gasteiger partial charge in [-0.1, -0.05) is 18.2 Å². The van der Waals surface area contributed by atoms with Crippen molar-refractivity contribution < 1.29 is 87.8 Å². The molecule has 1 aliphatic heterocycles. The topological polar surface area (TPSA) is 57.7 Å². The first kappa shape index (κ1) is 35.6. The lowest BCUT2D eigenvalue weighted by Crippen LogP contribution is -2.75. The summed E-state index contributed by atoms with van der Waals surface area (Å²) in [4.78, 5) is 13.0. The van der Waals surface area contributed by atoms with Crippen molar-refractivity contribution >= 4 is 15.9 Å². The second kappa shape index (κ2) is 10.3. The number of alkyl halides is 17. The van der Waals surface area contributed by atoms with E-state index in [1.165, 1.54) is 30.3 Å². The summed E-state index contributed by atoms with van der Waals surface area (Å²) in [5.74, 6) is -52.8. The van der Waals surface area contributed by atoms with Crippen LogP contribution in [0.15, 0.2) is 30.3 Å². The molecule has 0 aliphatic carbocycles. The predicted molar refractivity (Wildman–Crippen MR) is 104 cm³/mol. The number of benzene rings is 1. The Bertz CT molecular complexity index is 1260. The fraction of sp³-hybridized carbons (Fsp3) is 0.632. The summed E-state index contributed by atoms with van der Waals surface area (Å²) in [6.07, 6.45) is -7.90. The van der Waals surface area contributed by atoms with Crippen LogP contribution in [0, 0.1) is 0 Å². The predicted octanol–water partition coefficient (Wildman–Crippen LogP) is 5.74. The molecular formula is C19H13F17N2O3S. The molecule has 23 heteroatoms. The maximum absolute atomic E-state index is 14.4. The van der Waals surface area contributed by atoms with Crippen molar-refractivity contribution in [3.05, 3.63) is 35.9 Å². The van der Waals surface area contributed by atoms with Gasteiger partial charge in [0.05, 0.1) is 0 Å². The maximum atomic E-state index is 14.4. The Hall–Kier alpha value is -2.59. The molecule has 2 rings (SSSR count). The van der Waals surface area contributed by atoms with Gasteiger partial charge in [0, 0.05) is 31.7 Å². The standard InChI is InChI=1S/C19H13F17N2O3S/c20-12(21,14(24,25)16(28,29)18(32,33)34)13(22,23)15(26,27)17(30,31)19(35,36)42(40,41)38-8-6-37(7-9-38)11(39)10-4-2-1-3-5-10/h1-5H,6-9H2. The normalized spacial score (nSPS) is 17.9. The number of hydrogen-bond donors (Lipinski definition) is 0. The molecule has 0 unspecified atom stereocenters. The fourth-order valence-corrected chi connectivity index (χ4v) is 4.79. The van der Waals surface area contributed by atoms with Crippen LogP contribution in [0.3, 0.4) is 0 Å². The van der Waals surface area contributed by atoms with Crippen molar-refractivity contribution in [3.8, 4) is 0 Å². The summed E-state index contributed by atoms with van der Waals surface area (Å²) in [6, 6.07) is 6.56. The van der Waals surface area contributed by atoms with Gasteiger partial charge in [-0.25, -0.2) is 8.42 Å². The van der Waals surface area contributed by atoms with Crippen molar-refractivity contribution in [2.24, 2.45) is 0 Å². The van der Waals surface area contributed by atoms with Crippen LogP contribution in [-0.4, -0.2) is 96.7 Å². The van der Waals surface area contributed by atoms with E-state index in [1.807, 2.05) is 0 Å². The van der Waals surface area contributed by atoms with Gasteiger partial charge in [0.1, 0.15) is 0 Å². The molecular weight excluding hydrogens is 659 g/mol. The van der Waals surface area contributed by atoms with Crippen molar-refractivity contribution in [1.29, 1.82) is 0 Å². The lowest BCUT2D eigenvalue weighted by molar-refractivity contribution is -0.458. The molecule has 0 radical (unpaired) electrons. The molecule has 5 nitrogen and oxygen atoms in total. The number of carbonyl (C=O) groups excluding carboxylic acids is 1. The molecule has 0 atom stereocenters. The Morgan fingerprint density at radius 1 is 0.548 bits per heavy atom. The third kappa shape index (κ3) is 4.82. The minimum Gasteiger partial charge on any atom is -0.336 e. The SMILES string of the molecule is O=C(c1ccccc1)N1CCN(S(=O)(=O)C(F)(F)C(F)(F)C(F)(F)C(F)(F)C(F)(F)C(F)(F)C(F)(F)C(F)(F)F)CC1. The summed E-state index contributed by atoms with van der Waals surface area (Å²) in [6.45, 7) is -4.73. The monoisotopic (exact) mass is 672 g/mol. The van der Waals surface area contributed by atoms with Gasteiger partial charge >= 0.3 is 47.0 Å². The van der Waals surface area contributed by atoms with Crippen LogP contribution < -0.4 is 0 Å². The molecule has 242 valence electrons. The van der Waals surface area contributed by atoms with Gasteiger partial charge in [0.25, 0.3) is 15.9 Å². The fourth-order valence-electron chi connectivity index (χ4n) is 3.37. The second-order valence-corrected chi connectivity index (χ2v) is 10.5. The molecule has 0 saturated carbocycles.